The topological polar surface area (TPSA) is 35.8 Å². The largest absolute Gasteiger partial charge is 0.411 e. The Morgan fingerprint density at radius 1 is 0.636 bits per heavy atom. The van der Waals surface area contributed by atoms with Gasteiger partial charge in [0.25, 0.3) is 0 Å². The summed E-state index contributed by atoms with van der Waals surface area (Å²) in [6, 6.07) is 28.3. The molecule has 108 valence electrons. The lowest BCUT2D eigenvalue weighted by Gasteiger charge is -2.25. The highest BCUT2D eigenvalue weighted by atomic mass is 16.4. The zero-order chi connectivity index (χ0) is 15.2. The van der Waals surface area contributed by atoms with E-state index >= 15 is 0 Å². The Kier molecular flexibility index (Phi) is 4.16. The Bertz CT molecular complexity index is 698. The van der Waals surface area contributed by atoms with Gasteiger partial charge in [-0.1, -0.05) is 53.7 Å². The SMILES string of the molecule is O/N=C/c1ccc(N(c2ccccc2)c2ccccc2)cc1. The molecule has 22 heavy (non-hydrogen) atoms. The molecule has 0 aliphatic carbocycles. The smallest absolute Gasteiger partial charge is 0.0733 e. The lowest BCUT2D eigenvalue weighted by Crippen LogP contribution is -2.09. The van der Waals surface area contributed by atoms with Gasteiger partial charge in [0.05, 0.1) is 6.21 Å². The Hall–Kier alpha value is -3.07. The summed E-state index contributed by atoms with van der Waals surface area (Å²) in [6.45, 7) is 0. The zero-order valence-electron chi connectivity index (χ0n) is 12.0. The summed E-state index contributed by atoms with van der Waals surface area (Å²) < 4.78 is 0. The number of anilines is 3. The number of nitrogens with zero attached hydrogens (tertiary/aromatic N) is 2. The Balaban J connectivity index is 2.06. The zero-order valence-corrected chi connectivity index (χ0v) is 12.0. The van der Waals surface area contributed by atoms with Crippen molar-refractivity contribution in [1.29, 1.82) is 0 Å². The molecular formula is C19H16N2O. The Morgan fingerprint density at radius 3 is 1.55 bits per heavy atom. The first-order valence-corrected chi connectivity index (χ1v) is 7.06. The number of oxime groups is 1. The van der Waals surface area contributed by atoms with Crippen LogP contribution < -0.4 is 4.90 Å². The first kappa shape index (κ1) is 13.9. The van der Waals surface area contributed by atoms with Gasteiger partial charge in [-0.05, 0) is 42.0 Å². The average molecular weight is 288 g/mol. The van der Waals surface area contributed by atoms with Crippen LogP contribution in [0.1, 0.15) is 5.56 Å². The monoisotopic (exact) mass is 288 g/mol. The van der Waals surface area contributed by atoms with Crippen molar-refractivity contribution in [2.24, 2.45) is 5.16 Å². The predicted molar refractivity (Wildman–Crippen MR) is 90.5 cm³/mol. The molecule has 3 aromatic carbocycles. The van der Waals surface area contributed by atoms with E-state index in [1.54, 1.807) is 0 Å². The van der Waals surface area contributed by atoms with Crippen LogP contribution in [0, 0.1) is 0 Å². The normalized spacial score (nSPS) is 10.7. The molecule has 0 saturated heterocycles. The Labute approximate surface area is 129 Å². The minimum absolute atomic E-state index is 0.854. The highest BCUT2D eigenvalue weighted by Crippen LogP contribution is 2.33. The van der Waals surface area contributed by atoms with Crippen molar-refractivity contribution in [3.8, 4) is 0 Å². The van der Waals surface area contributed by atoms with Crippen LogP contribution in [0.3, 0.4) is 0 Å². The first-order valence-electron chi connectivity index (χ1n) is 7.06. The van der Waals surface area contributed by atoms with Gasteiger partial charge in [-0.2, -0.15) is 0 Å². The quantitative estimate of drug-likeness (QED) is 0.418. The maximum Gasteiger partial charge on any atom is 0.0733 e. The third kappa shape index (κ3) is 2.99. The van der Waals surface area contributed by atoms with Gasteiger partial charge in [0.1, 0.15) is 0 Å². The molecule has 0 spiro atoms. The summed E-state index contributed by atoms with van der Waals surface area (Å²) in [5, 5.41) is 11.7. The van der Waals surface area contributed by atoms with Crippen molar-refractivity contribution < 1.29 is 5.21 Å². The van der Waals surface area contributed by atoms with Crippen LogP contribution >= 0.6 is 0 Å². The van der Waals surface area contributed by atoms with Crippen LogP contribution in [0.15, 0.2) is 90.1 Å². The third-order valence-corrected chi connectivity index (χ3v) is 3.39. The average Bonchev–Trinajstić information content (AvgIpc) is 2.59. The molecule has 0 radical (unpaired) electrons. The maximum absolute atomic E-state index is 8.61. The fourth-order valence-corrected chi connectivity index (χ4v) is 2.38. The second-order valence-corrected chi connectivity index (χ2v) is 4.84. The number of para-hydroxylation sites is 2. The fourth-order valence-electron chi connectivity index (χ4n) is 2.38. The van der Waals surface area contributed by atoms with E-state index in [4.69, 9.17) is 5.21 Å². The van der Waals surface area contributed by atoms with Gasteiger partial charge < -0.3 is 10.1 Å². The molecule has 0 fully saturated rings. The lowest BCUT2D eigenvalue weighted by atomic mass is 10.1. The molecule has 0 aliphatic heterocycles. The van der Waals surface area contributed by atoms with Crippen molar-refractivity contribution in [2.45, 2.75) is 0 Å². The first-order chi connectivity index (χ1) is 10.9. The van der Waals surface area contributed by atoms with Gasteiger partial charge >= 0.3 is 0 Å². The number of rotatable bonds is 4. The molecule has 3 rings (SSSR count). The molecule has 1 N–H and O–H groups in total. The molecule has 0 amide bonds. The van der Waals surface area contributed by atoms with Gasteiger partial charge in [0, 0.05) is 17.1 Å². The Morgan fingerprint density at radius 2 is 1.09 bits per heavy atom. The summed E-state index contributed by atoms with van der Waals surface area (Å²) in [5.74, 6) is 0. The second kappa shape index (κ2) is 6.59. The van der Waals surface area contributed by atoms with E-state index in [1.807, 2.05) is 60.7 Å². The van der Waals surface area contributed by atoms with Crippen LogP contribution in [-0.2, 0) is 0 Å². The number of hydrogen-bond donors (Lipinski definition) is 1. The van der Waals surface area contributed by atoms with Crippen LogP contribution in [0.2, 0.25) is 0 Å². The van der Waals surface area contributed by atoms with E-state index in [2.05, 4.69) is 34.3 Å². The molecule has 3 heteroatoms. The van der Waals surface area contributed by atoms with E-state index in [0.717, 1.165) is 22.6 Å². The number of hydrogen-bond acceptors (Lipinski definition) is 3. The molecular weight excluding hydrogens is 272 g/mol. The summed E-state index contributed by atoms with van der Waals surface area (Å²) in [7, 11) is 0. The van der Waals surface area contributed by atoms with Gasteiger partial charge in [-0.3, -0.25) is 0 Å². The van der Waals surface area contributed by atoms with Crippen LogP contribution in [0.4, 0.5) is 17.1 Å². The van der Waals surface area contributed by atoms with Gasteiger partial charge in [0.2, 0.25) is 0 Å². The van der Waals surface area contributed by atoms with Crippen molar-refractivity contribution >= 4 is 23.3 Å². The van der Waals surface area contributed by atoms with Gasteiger partial charge in [-0.25, -0.2) is 0 Å². The van der Waals surface area contributed by atoms with Gasteiger partial charge in [-0.15, -0.1) is 0 Å². The minimum Gasteiger partial charge on any atom is -0.411 e. The highest BCUT2D eigenvalue weighted by molar-refractivity contribution is 5.82. The summed E-state index contributed by atoms with van der Waals surface area (Å²) in [5.41, 5.74) is 4.09. The summed E-state index contributed by atoms with van der Waals surface area (Å²) in [4.78, 5) is 2.18. The maximum atomic E-state index is 8.61. The third-order valence-electron chi connectivity index (χ3n) is 3.39. The molecule has 0 bridgehead atoms. The predicted octanol–water partition coefficient (Wildman–Crippen LogP) is 4.96. The molecule has 0 aliphatic rings. The summed E-state index contributed by atoms with van der Waals surface area (Å²) in [6.07, 6.45) is 1.42. The van der Waals surface area contributed by atoms with E-state index in [1.165, 1.54) is 6.21 Å². The summed E-state index contributed by atoms with van der Waals surface area (Å²) >= 11 is 0. The molecule has 0 saturated carbocycles. The van der Waals surface area contributed by atoms with Crippen molar-refractivity contribution in [1.82, 2.24) is 0 Å². The van der Waals surface area contributed by atoms with Crippen LogP contribution in [0.25, 0.3) is 0 Å². The molecule has 3 aromatic rings. The standard InChI is InChI=1S/C19H16N2O/c22-20-15-16-11-13-19(14-12-16)21(17-7-3-1-4-8-17)18-9-5-2-6-10-18/h1-15,22H/b20-15+. The van der Waals surface area contributed by atoms with Crippen molar-refractivity contribution in [2.75, 3.05) is 4.90 Å². The molecule has 0 unspecified atom stereocenters. The molecule has 0 atom stereocenters. The molecule has 0 aromatic heterocycles. The van der Waals surface area contributed by atoms with E-state index in [9.17, 15) is 0 Å². The minimum atomic E-state index is 0.854. The van der Waals surface area contributed by atoms with Crippen LogP contribution in [-0.4, -0.2) is 11.4 Å². The van der Waals surface area contributed by atoms with Crippen LogP contribution in [0.5, 0.6) is 0 Å². The fraction of sp³-hybridized carbons (Fsp3) is 0. The van der Waals surface area contributed by atoms with Crippen molar-refractivity contribution in [3.63, 3.8) is 0 Å². The lowest BCUT2D eigenvalue weighted by molar-refractivity contribution is 0.322. The van der Waals surface area contributed by atoms with E-state index < -0.39 is 0 Å². The van der Waals surface area contributed by atoms with E-state index in [0.29, 0.717) is 0 Å². The number of benzene rings is 3. The van der Waals surface area contributed by atoms with Crippen molar-refractivity contribution in [3.05, 3.63) is 90.5 Å². The van der Waals surface area contributed by atoms with Gasteiger partial charge in [0.15, 0.2) is 0 Å². The molecule has 3 nitrogen and oxygen atoms in total. The molecule has 0 heterocycles. The highest BCUT2D eigenvalue weighted by Gasteiger charge is 2.11. The van der Waals surface area contributed by atoms with E-state index in [-0.39, 0.29) is 0 Å². The second-order valence-electron chi connectivity index (χ2n) is 4.84.